The highest BCUT2D eigenvalue weighted by Gasteiger charge is 2.09. The van der Waals surface area contributed by atoms with Gasteiger partial charge in [-0.1, -0.05) is 23.9 Å². The summed E-state index contributed by atoms with van der Waals surface area (Å²) in [5.74, 6) is 0.789. The van der Waals surface area contributed by atoms with Gasteiger partial charge in [0.2, 0.25) is 5.91 Å². The van der Waals surface area contributed by atoms with E-state index in [1.54, 1.807) is 24.3 Å². The molecule has 2 heterocycles. The van der Waals surface area contributed by atoms with Crippen LogP contribution >= 0.6 is 11.8 Å². The zero-order chi connectivity index (χ0) is 18.2. The Morgan fingerprint density at radius 3 is 2.69 bits per heavy atom. The lowest BCUT2D eigenvalue weighted by Gasteiger charge is -2.07. The van der Waals surface area contributed by atoms with E-state index in [4.69, 9.17) is 4.42 Å². The number of hydrogen-bond acceptors (Lipinski definition) is 6. The first-order chi connectivity index (χ1) is 12.7. The number of furan rings is 1. The van der Waals surface area contributed by atoms with E-state index >= 15 is 0 Å². The van der Waals surface area contributed by atoms with Gasteiger partial charge >= 0.3 is 0 Å². The van der Waals surface area contributed by atoms with Crippen LogP contribution in [0.1, 0.15) is 21.7 Å². The van der Waals surface area contributed by atoms with Crippen LogP contribution in [-0.4, -0.2) is 33.5 Å². The molecular weight excluding hydrogens is 354 g/mol. The minimum atomic E-state index is -0.299. The molecule has 0 aliphatic rings. The smallest absolute Gasteiger partial charge is 0.251 e. The van der Waals surface area contributed by atoms with Crippen molar-refractivity contribution in [2.45, 2.75) is 17.5 Å². The van der Waals surface area contributed by atoms with Crippen molar-refractivity contribution in [2.24, 2.45) is 0 Å². The molecule has 3 N–H and O–H groups in total. The van der Waals surface area contributed by atoms with Crippen molar-refractivity contribution in [2.75, 3.05) is 6.54 Å². The molecule has 3 rings (SSSR count). The molecule has 0 radical (unpaired) electrons. The maximum Gasteiger partial charge on any atom is 0.251 e. The molecule has 8 nitrogen and oxygen atoms in total. The Morgan fingerprint density at radius 1 is 1.15 bits per heavy atom. The van der Waals surface area contributed by atoms with Crippen molar-refractivity contribution < 1.29 is 14.0 Å². The van der Waals surface area contributed by atoms with Crippen LogP contribution in [-0.2, 0) is 17.1 Å². The van der Waals surface area contributed by atoms with Gasteiger partial charge in [-0.3, -0.25) is 14.7 Å². The summed E-state index contributed by atoms with van der Waals surface area (Å²) in [6, 6.07) is 10.7. The minimum Gasteiger partial charge on any atom is -0.467 e. The van der Waals surface area contributed by atoms with E-state index in [0.29, 0.717) is 23.6 Å². The summed E-state index contributed by atoms with van der Waals surface area (Å²) in [6.45, 7) is 0.196. The molecule has 26 heavy (non-hydrogen) atoms. The normalized spacial score (nSPS) is 10.5. The molecule has 9 heteroatoms. The third kappa shape index (κ3) is 5.21. The van der Waals surface area contributed by atoms with Crippen molar-refractivity contribution in [1.29, 1.82) is 0 Å². The van der Waals surface area contributed by atoms with Gasteiger partial charge in [0.1, 0.15) is 12.1 Å². The second kappa shape index (κ2) is 8.86. The van der Waals surface area contributed by atoms with Crippen LogP contribution in [0.5, 0.6) is 0 Å². The number of H-pyrrole nitrogens is 1. The number of benzene rings is 1. The van der Waals surface area contributed by atoms with Crippen molar-refractivity contribution in [3.8, 4) is 0 Å². The molecule has 0 bridgehead atoms. The number of thioether (sulfide) groups is 1. The zero-order valence-electron chi connectivity index (χ0n) is 13.8. The second-order valence-electron chi connectivity index (χ2n) is 5.31. The first-order valence-electron chi connectivity index (χ1n) is 7.85. The molecule has 1 aromatic carbocycles. The third-order valence-electron chi connectivity index (χ3n) is 3.43. The molecule has 2 amide bonds. The lowest BCUT2D eigenvalue weighted by Crippen LogP contribution is -2.36. The average Bonchev–Trinajstić information content (AvgIpc) is 3.37. The molecule has 0 aliphatic carbocycles. The fourth-order valence-corrected chi connectivity index (χ4v) is 2.83. The van der Waals surface area contributed by atoms with Crippen LogP contribution in [0, 0.1) is 0 Å². The fraction of sp³-hybridized carbons (Fsp3) is 0.176. The summed E-state index contributed by atoms with van der Waals surface area (Å²) >= 11 is 1.52. The SMILES string of the molecule is O=C(CNC(=O)c1ccc(CSc2ncn[nH]2)cc1)NCc1ccco1. The van der Waals surface area contributed by atoms with Crippen molar-refractivity contribution in [1.82, 2.24) is 25.8 Å². The fourth-order valence-electron chi connectivity index (χ4n) is 2.09. The minimum absolute atomic E-state index is 0.0946. The predicted octanol–water partition coefficient (Wildman–Crippen LogP) is 1.74. The van der Waals surface area contributed by atoms with Gasteiger partial charge in [0, 0.05) is 11.3 Å². The summed E-state index contributed by atoms with van der Waals surface area (Å²) in [7, 11) is 0. The van der Waals surface area contributed by atoms with Crippen molar-refractivity contribution in [3.63, 3.8) is 0 Å². The molecule has 3 aromatic rings. The van der Waals surface area contributed by atoms with E-state index in [1.807, 2.05) is 12.1 Å². The lowest BCUT2D eigenvalue weighted by molar-refractivity contribution is -0.120. The molecule has 0 saturated carbocycles. The molecule has 0 aliphatic heterocycles. The summed E-state index contributed by atoms with van der Waals surface area (Å²) in [6.07, 6.45) is 3.00. The zero-order valence-corrected chi connectivity index (χ0v) is 14.6. The van der Waals surface area contributed by atoms with E-state index in [1.165, 1.54) is 24.4 Å². The van der Waals surface area contributed by atoms with Gasteiger partial charge in [0.25, 0.3) is 5.91 Å². The number of amides is 2. The van der Waals surface area contributed by atoms with Crippen molar-refractivity contribution in [3.05, 3.63) is 65.9 Å². The maximum atomic E-state index is 12.1. The summed E-state index contributed by atoms with van der Waals surface area (Å²) in [4.78, 5) is 27.9. The molecule has 2 aromatic heterocycles. The summed E-state index contributed by atoms with van der Waals surface area (Å²) in [5, 5.41) is 12.6. The van der Waals surface area contributed by atoms with E-state index in [2.05, 4.69) is 25.8 Å². The van der Waals surface area contributed by atoms with E-state index in [-0.39, 0.29) is 18.4 Å². The maximum absolute atomic E-state index is 12.1. The van der Waals surface area contributed by atoms with Crippen LogP contribution in [0.25, 0.3) is 0 Å². The van der Waals surface area contributed by atoms with Crippen LogP contribution in [0.15, 0.2) is 58.6 Å². The highest BCUT2D eigenvalue weighted by Crippen LogP contribution is 2.18. The number of rotatable bonds is 8. The van der Waals surface area contributed by atoms with Crippen LogP contribution in [0.4, 0.5) is 0 Å². The highest BCUT2D eigenvalue weighted by molar-refractivity contribution is 7.98. The molecule has 0 atom stereocenters. The van der Waals surface area contributed by atoms with E-state index < -0.39 is 0 Å². The predicted molar refractivity (Wildman–Crippen MR) is 95.3 cm³/mol. The third-order valence-corrected chi connectivity index (χ3v) is 4.38. The first kappa shape index (κ1) is 17.7. The number of carbonyl (C=O) groups excluding carboxylic acids is 2. The van der Waals surface area contributed by atoms with E-state index in [0.717, 1.165) is 10.7 Å². The largest absolute Gasteiger partial charge is 0.467 e. The number of nitrogens with one attached hydrogen (secondary N) is 3. The average molecular weight is 371 g/mol. The molecule has 0 spiro atoms. The number of aromatic nitrogens is 3. The number of nitrogens with zero attached hydrogens (tertiary/aromatic N) is 2. The van der Waals surface area contributed by atoms with Crippen LogP contribution < -0.4 is 10.6 Å². The van der Waals surface area contributed by atoms with E-state index in [9.17, 15) is 9.59 Å². The Hall–Kier alpha value is -3.07. The lowest BCUT2D eigenvalue weighted by atomic mass is 10.1. The number of carbonyl (C=O) groups is 2. The molecule has 0 saturated heterocycles. The van der Waals surface area contributed by atoms with Gasteiger partial charge in [0.05, 0.1) is 19.4 Å². The Balaban J connectivity index is 1.41. The van der Waals surface area contributed by atoms with Gasteiger partial charge in [-0.2, -0.15) is 5.10 Å². The number of hydrogen-bond donors (Lipinski definition) is 3. The van der Waals surface area contributed by atoms with Gasteiger partial charge in [-0.15, -0.1) is 0 Å². The first-order valence-corrected chi connectivity index (χ1v) is 8.83. The van der Waals surface area contributed by atoms with Crippen molar-refractivity contribution >= 4 is 23.6 Å². The van der Waals surface area contributed by atoms with Gasteiger partial charge < -0.3 is 15.1 Å². The Bertz CT molecular complexity index is 832. The van der Waals surface area contributed by atoms with Gasteiger partial charge in [-0.25, -0.2) is 4.98 Å². The summed E-state index contributed by atoms with van der Waals surface area (Å²) < 4.78 is 5.12. The van der Waals surface area contributed by atoms with Gasteiger partial charge in [-0.05, 0) is 29.8 Å². The highest BCUT2D eigenvalue weighted by atomic mass is 32.2. The Kier molecular flexibility index (Phi) is 6.05. The molecule has 134 valence electrons. The molecule has 0 fully saturated rings. The molecule has 0 unspecified atom stereocenters. The summed E-state index contributed by atoms with van der Waals surface area (Å²) in [5.41, 5.74) is 1.55. The van der Waals surface area contributed by atoms with Crippen LogP contribution in [0.3, 0.4) is 0 Å². The standard InChI is InChI=1S/C17H17N5O3S/c23-15(18-8-14-2-1-7-25-14)9-19-16(24)13-5-3-12(4-6-13)10-26-17-20-11-21-22-17/h1-7,11H,8-10H2,(H,18,23)(H,19,24)(H,20,21,22). The van der Waals surface area contributed by atoms with Crippen LogP contribution in [0.2, 0.25) is 0 Å². The Labute approximate surface area is 153 Å². The molecular formula is C17H17N5O3S. The van der Waals surface area contributed by atoms with Gasteiger partial charge in [0.15, 0.2) is 5.16 Å². The second-order valence-corrected chi connectivity index (χ2v) is 6.28. The monoisotopic (exact) mass is 371 g/mol. The Morgan fingerprint density at radius 2 is 2.00 bits per heavy atom. The quantitative estimate of drug-likeness (QED) is 0.520. The number of aromatic amines is 1. The topological polar surface area (TPSA) is 113 Å².